The molecule has 0 aliphatic carbocycles. The van der Waals surface area contributed by atoms with Gasteiger partial charge in [0.1, 0.15) is 17.2 Å². The number of halogens is 1. The van der Waals surface area contributed by atoms with Crippen LogP contribution in [-0.2, 0) is 9.59 Å². The van der Waals surface area contributed by atoms with Crippen LogP contribution >= 0.6 is 24.4 Å². The number of nitrogens with one attached hydrogen (secondary N) is 2. The highest BCUT2D eigenvalue weighted by molar-refractivity contribution is 7.82. The summed E-state index contributed by atoms with van der Waals surface area (Å²) in [4.78, 5) is 34.5. The number of primary amides is 1. The highest BCUT2D eigenvalue weighted by Gasteiger charge is 2.20. The number of hydrogen-bond acceptors (Lipinski definition) is 6. The van der Waals surface area contributed by atoms with Gasteiger partial charge in [0.05, 0.1) is 12.1 Å². The first kappa shape index (κ1) is 22.2. The predicted octanol–water partition coefficient (Wildman–Crippen LogP) is 3.05. The van der Waals surface area contributed by atoms with E-state index in [1.807, 2.05) is 0 Å². The van der Waals surface area contributed by atoms with Gasteiger partial charge in [-0.05, 0) is 30.3 Å². The molecule has 11 heteroatoms. The van der Waals surface area contributed by atoms with Crippen molar-refractivity contribution in [2.45, 2.75) is 6.92 Å². The Morgan fingerprint density at radius 3 is 2.21 bits per heavy atom. The molecule has 0 unspecified atom stereocenters. The van der Waals surface area contributed by atoms with E-state index in [4.69, 9.17) is 26.8 Å². The first-order valence-corrected chi connectivity index (χ1v) is 8.95. The molecule has 0 aliphatic rings. The maximum atomic E-state index is 12.5. The average molecular weight is 439 g/mol. The van der Waals surface area contributed by atoms with E-state index in [-0.39, 0.29) is 34.7 Å². The number of carbonyl (C=O) groups excluding carboxylic acids is 3. The average Bonchev–Trinajstić information content (AvgIpc) is 2.67. The van der Waals surface area contributed by atoms with E-state index >= 15 is 0 Å². The highest BCUT2D eigenvalue weighted by atomic mass is 35.5. The van der Waals surface area contributed by atoms with E-state index in [1.165, 1.54) is 26.2 Å². The molecule has 9 nitrogen and oxygen atoms in total. The number of hydrogen-bond donors (Lipinski definition) is 4. The minimum Gasteiger partial charge on any atom is -0.494 e. The second-order valence-electron chi connectivity index (χ2n) is 5.71. The smallest absolute Gasteiger partial charge is 0.336 e. The van der Waals surface area contributed by atoms with Crippen molar-refractivity contribution >= 4 is 59.3 Å². The van der Waals surface area contributed by atoms with Gasteiger partial charge in [0.25, 0.3) is 5.91 Å². The number of nitrogens with zero attached hydrogens (tertiary/aromatic N) is 1. The third-order valence-corrected chi connectivity index (χ3v) is 4.17. The Morgan fingerprint density at radius 1 is 1.10 bits per heavy atom. The van der Waals surface area contributed by atoms with Gasteiger partial charge in [0.15, 0.2) is 6.61 Å². The van der Waals surface area contributed by atoms with Crippen LogP contribution in [-0.4, -0.2) is 31.6 Å². The van der Waals surface area contributed by atoms with Crippen LogP contribution in [0.1, 0.15) is 6.92 Å². The molecule has 0 aromatic heterocycles. The second-order valence-corrected chi connectivity index (χ2v) is 6.52. The fraction of sp³-hybridized carbons (Fsp3) is 0.167. The lowest BCUT2D eigenvalue weighted by Gasteiger charge is -2.20. The van der Waals surface area contributed by atoms with Crippen LogP contribution in [0.2, 0.25) is 5.02 Å². The molecule has 0 bridgehead atoms. The number of urea groups is 1. The molecule has 0 saturated heterocycles. The van der Waals surface area contributed by atoms with Crippen LogP contribution in [0.25, 0.3) is 0 Å². The Hall–Kier alpha value is -3.11. The summed E-state index contributed by atoms with van der Waals surface area (Å²) in [5.41, 5.74) is 6.38. The highest BCUT2D eigenvalue weighted by Crippen LogP contribution is 2.39. The monoisotopic (exact) mass is 438 g/mol. The molecule has 154 valence electrons. The summed E-state index contributed by atoms with van der Waals surface area (Å²) in [6, 6.07) is 8.76. The Balaban J connectivity index is 2.16. The molecule has 0 saturated carbocycles. The van der Waals surface area contributed by atoms with Crippen molar-refractivity contribution in [1.29, 1.82) is 0 Å². The summed E-state index contributed by atoms with van der Waals surface area (Å²) in [5.74, 6) is -0.457. The molecule has 0 spiro atoms. The normalized spacial score (nSPS) is 10.1. The van der Waals surface area contributed by atoms with Crippen molar-refractivity contribution in [2.24, 2.45) is 5.73 Å². The lowest BCUT2D eigenvalue weighted by Crippen LogP contribution is -2.27. The Morgan fingerprint density at radius 2 is 1.69 bits per heavy atom. The Bertz CT molecular complexity index is 923. The molecule has 4 amide bonds. The first-order valence-electron chi connectivity index (χ1n) is 8.17. The van der Waals surface area contributed by atoms with Crippen LogP contribution in [0, 0.1) is 0 Å². The molecule has 4 N–H and O–H groups in total. The molecule has 0 heterocycles. The van der Waals surface area contributed by atoms with Gasteiger partial charge in [-0.2, -0.15) is 0 Å². The van der Waals surface area contributed by atoms with Crippen molar-refractivity contribution in [3.63, 3.8) is 0 Å². The van der Waals surface area contributed by atoms with Crippen molar-refractivity contribution in [3.05, 3.63) is 41.4 Å². The fourth-order valence-corrected chi connectivity index (χ4v) is 2.66. The summed E-state index contributed by atoms with van der Waals surface area (Å²) in [7, 11) is 1.39. The molecule has 0 aliphatic heterocycles. The SMILES string of the molecule is COc1cc(OCC(N)=O)c(Cl)cc1N(S)C(=O)Nc1ccc(NC(C)=O)cc1. The van der Waals surface area contributed by atoms with Crippen LogP contribution in [0.4, 0.5) is 21.9 Å². The zero-order valence-electron chi connectivity index (χ0n) is 15.6. The van der Waals surface area contributed by atoms with Crippen molar-refractivity contribution in [3.8, 4) is 11.5 Å². The lowest BCUT2D eigenvalue weighted by atomic mass is 10.2. The molecule has 29 heavy (non-hydrogen) atoms. The summed E-state index contributed by atoms with van der Waals surface area (Å²) < 4.78 is 11.5. The standard InChI is InChI=1S/C18H19ClN4O5S/c1-10(24)21-11-3-5-12(6-4-11)22-18(26)23(29)14-7-13(19)15(8-16(14)27-2)28-9-17(20)25/h3-8,29H,9H2,1-2H3,(H2,20,25)(H,21,24)(H,22,26). The molecule has 0 fully saturated rings. The molecule has 2 aromatic carbocycles. The molecule has 0 radical (unpaired) electrons. The number of ether oxygens (including phenoxy) is 2. The van der Waals surface area contributed by atoms with Crippen LogP contribution in [0.3, 0.4) is 0 Å². The Kier molecular flexibility index (Phi) is 7.57. The van der Waals surface area contributed by atoms with Gasteiger partial charge >= 0.3 is 6.03 Å². The number of methoxy groups -OCH3 is 1. The van der Waals surface area contributed by atoms with Gasteiger partial charge in [-0.15, -0.1) is 0 Å². The van der Waals surface area contributed by atoms with Gasteiger partial charge in [-0.25, -0.2) is 9.10 Å². The molecule has 0 atom stereocenters. The third kappa shape index (κ3) is 6.19. The van der Waals surface area contributed by atoms with Gasteiger partial charge in [0.2, 0.25) is 5.91 Å². The molecule has 2 aromatic rings. The van der Waals surface area contributed by atoms with E-state index in [0.29, 0.717) is 11.4 Å². The zero-order chi connectivity index (χ0) is 21.6. The molecular weight excluding hydrogens is 420 g/mol. The topological polar surface area (TPSA) is 123 Å². The zero-order valence-corrected chi connectivity index (χ0v) is 17.2. The van der Waals surface area contributed by atoms with Gasteiger partial charge in [-0.3, -0.25) is 9.59 Å². The minimum absolute atomic E-state index is 0.133. The minimum atomic E-state index is -0.663. The summed E-state index contributed by atoms with van der Waals surface area (Å²) in [5, 5.41) is 5.41. The maximum Gasteiger partial charge on any atom is 0.336 e. The number of rotatable bonds is 7. The van der Waals surface area contributed by atoms with Crippen LogP contribution in [0.15, 0.2) is 36.4 Å². The number of anilines is 3. The number of nitrogens with two attached hydrogens (primary N) is 1. The summed E-state index contributed by atoms with van der Waals surface area (Å²) in [6.07, 6.45) is 0. The molecule has 2 rings (SSSR count). The van der Waals surface area contributed by atoms with E-state index in [0.717, 1.165) is 4.31 Å². The van der Waals surface area contributed by atoms with Crippen molar-refractivity contribution < 1.29 is 23.9 Å². The van der Waals surface area contributed by atoms with E-state index < -0.39 is 11.9 Å². The van der Waals surface area contributed by atoms with Gasteiger partial charge in [-0.1, -0.05) is 24.4 Å². The fourth-order valence-electron chi connectivity index (χ4n) is 2.24. The van der Waals surface area contributed by atoms with Crippen molar-refractivity contribution in [2.75, 3.05) is 28.7 Å². The lowest BCUT2D eigenvalue weighted by molar-refractivity contribution is -0.120. The number of benzene rings is 2. The largest absolute Gasteiger partial charge is 0.494 e. The quantitative estimate of drug-likeness (QED) is 0.495. The number of carbonyl (C=O) groups is 3. The van der Waals surface area contributed by atoms with Crippen LogP contribution in [0.5, 0.6) is 11.5 Å². The van der Waals surface area contributed by atoms with Gasteiger partial charge < -0.3 is 25.8 Å². The second kappa shape index (κ2) is 9.89. The van der Waals surface area contributed by atoms with Gasteiger partial charge in [0, 0.05) is 24.4 Å². The number of amides is 4. The predicted molar refractivity (Wildman–Crippen MR) is 114 cm³/mol. The summed E-state index contributed by atoms with van der Waals surface area (Å²) in [6.45, 7) is 1.04. The number of thiol groups is 1. The Labute approximate surface area is 177 Å². The van der Waals surface area contributed by atoms with Crippen LogP contribution < -0.4 is 30.1 Å². The maximum absolute atomic E-state index is 12.5. The van der Waals surface area contributed by atoms with E-state index in [1.54, 1.807) is 24.3 Å². The third-order valence-electron chi connectivity index (χ3n) is 3.48. The summed E-state index contributed by atoms with van der Waals surface area (Å²) >= 11 is 10.4. The molecular formula is C18H19ClN4O5S. The van der Waals surface area contributed by atoms with Crippen molar-refractivity contribution in [1.82, 2.24) is 0 Å². The van der Waals surface area contributed by atoms with E-state index in [2.05, 4.69) is 23.4 Å². The first-order chi connectivity index (χ1) is 13.7. The van der Waals surface area contributed by atoms with E-state index in [9.17, 15) is 14.4 Å².